The summed E-state index contributed by atoms with van der Waals surface area (Å²) < 4.78 is 27.7. The monoisotopic (exact) mass is 328 g/mol. The zero-order valence-corrected chi connectivity index (χ0v) is 14.3. The second-order valence-corrected chi connectivity index (χ2v) is 9.29. The Labute approximate surface area is 131 Å². The van der Waals surface area contributed by atoms with Crippen LogP contribution in [0.3, 0.4) is 0 Å². The predicted octanol–water partition coefficient (Wildman–Crippen LogP) is 2.81. The molecule has 2 heterocycles. The normalized spacial score (nSPS) is 24.0. The summed E-state index contributed by atoms with van der Waals surface area (Å²) in [6.45, 7) is 5.57. The first-order valence-corrected chi connectivity index (χ1v) is 10.1. The third-order valence-electron chi connectivity index (χ3n) is 4.44. The van der Waals surface area contributed by atoms with Gasteiger partial charge in [-0.15, -0.1) is 11.3 Å². The molecular formula is C15H24N2O2S2. The lowest BCUT2D eigenvalue weighted by atomic mass is 10.0. The number of sulfonamides is 1. The van der Waals surface area contributed by atoms with Gasteiger partial charge in [-0.3, -0.25) is 0 Å². The molecule has 2 fully saturated rings. The minimum absolute atomic E-state index is 0.152. The molecule has 3 rings (SSSR count). The Morgan fingerprint density at radius 2 is 2.14 bits per heavy atom. The minimum Gasteiger partial charge on any atom is -0.309 e. The van der Waals surface area contributed by atoms with Crippen molar-refractivity contribution in [3.8, 4) is 0 Å². The molecule has 4 nitrogen and oxygen atoms in total. The predicted molar refractivity (Wildman–Crippen MR) is 85.9 cm³/mol. The van der Waals surface area contributed by atoms with Crippen LogP contribution < -0.4 is 5.32 Å². The van der Waals surface area contributed by atoms with Crippen LogP contribution in [-0.2, 0) is 16.6 Å². The largest absolute Gasteiger partial charge is 0.309 e. The van der Waals surface area contributed by atoms with Crippen molar-refractivity contribution in [3.63, 3.8) is 0 Å². The standard InChI is InChI=1S/C15H24N2O2S2/c1-11(2)13-4-3-8-17(13)21(18,19)15-7-9-20-14(15)10-16-12-5-6-12/h7,9,11-13,16H,3-6,8,10H2,1-2H3. The molecular weight excluding hydrogens is 304 g/mol. The molecule has 0 amide bonds. The molecule has 1 unspecified atom stereocenters. The first-order valence-electron chi connectivity index (χ1n) is 7.81. The second-order valence-electron chi connectivity index (χ2n) is 6.43. The van der Waals surface area contributed by atoms with E-state index in [4.69, 9.17) is 0 Å². The van der Waals surface area contributed by atoms with Crippen molar-refractivity contribution in [1.82, 2.24) is 9.62 Å². The van der Waals surface area contributed by atoms with E-state index in [1.165, 1.54) is 12.8 Å². The van der Waals surface area contributed by atoms with Gasteiger partial charge in [0, 0.05) is 30.1 Å². The zero-order valence-electron chi connectivity index (χ0n) is 12.7. The van der Waals surface area contributed by atoms with E-state index in [0.29, 0.717) is 29.9 Å². The third-order valence-corrected chi connectivity index (χ3v) is 7.50. The Bertz CT molecular complexity index is 591. The minimum atomic E-state index is -3.34. The van der Waals surface area contributed by atoms with Crippen molar-refractivity contribution >= 4 is 21.4 Å². The van der Waals surface area contributed by atoms with Crippen molar-refractivity contribution in [2.45, 2.75) is 63.1 Å². The van der Waals surface area contributed by atoms with Gasteiger partial charge in [0.15, 0.2) is 0 Å². The molecule has 1 aromatic heterocycles. The number of hydrogen-bond acceptors (Lipinski definition) is 4. The Morgan fingerprint density at radius 3 is 2.81 bits per heavy atom. The number of rotatable bonds is 6. The van der Waals surface area contributed by atoms with E-state index >= 15 is 0 Å². The molecule has 1 saturated carbocycles. The van der Waals surface area contributed by atoms with Crippen LogP contribution in [-0.4, -0.2) is 31.4 Å². The van der Waals surface area contributed by atoms with Crippen molar-refractivity contribution < 1.29 is 8.42 Å². The summed E-state index contributed by atoms with van der Waals surface area (Å²) >= 11 is 1.55. The van der Waals surface area contributed by atoms with E-state index in [-0.39, 0.29) is 6.04 Å². The van der Waals surface area contributed by atoms with E-state index < -0.39 is 10.0 Å². The summed E-state index contributed by atoms with van der Waals surface area (Å²) in [5.41, 5.74) is 0. The molecule has 118 valence electrons. The van der Waals surface area contributed by atoms with E-state index in [9.17, 15) is 8.42 Å². The maximum atomic E-state index is 13.0. The highest BCUT2D eigenvalue weighted by molar-refractivity contribution is 7.89. The Hall–Kier alpha value is -0.430. The van der Waals surface area contributed by atoms with E-state index in [2.05, 4.69) is 19.2 Å². The van der Waals surface area contributed by atoms with Gasteiger partial charge >= 0.3 is 0 Å². The fourth-order valence-electron chi connectivity index (χ4n) is 3.07. The Balaban J connectivity index is 1.82. The lowest BCUT2D eigenvalue weighted by Gasteiger charge is -2.27. The summed E-state index contributed by atoms with van der Waals surface area (Å²) in [4.78, 5) is 1.48. The number of hydrogen-bond donors (Lipinski definition) is 1. The van der Waals surface area contributed by atoms with Crippen LogP contribution in [0.1, 0.15) is 44.4 Å². The summed E-state index contributed by atoms with van der Waals surface area (Å²) in [6, 6.07) is 2.52. The number of thiophene rings is 1. The lowest BCUT2D eigenvalue weighted by molar-refractivity contribution is 0.315. The summed E-state index contributed by atoms with van der Waals surface area (Å²) in [6.07, 6.45) is 4.39. The molecule has 1 aliphatic heterocycles. The van der Waals surface area contributed by atoms with Crippen LogP contribution in [0.4, 0.5) is 0 Å². The van der Waals surface area contributed by atoms with Crippen LogP contribution in [0.25, 0.3) is 0 Å². The van der Waals surface area contributed by atoms with Gasteiger partial charge in [-0.05, 0) is 43.0 Å². The smallest absolute Gasteiger partial charge is 0.244 e. The lowest BCUT2D eigenvalue weighted by Crippen LogP contribution is -2.38. The summed E-state index contributed by atoms with van der Waals surface area (Å²) in [5.74, 6) is 0.369. The molecule has 0 spiro atoms. The van der Waals surface area contributed by atoms with Crippen LogP contribution in [0.5, 0.6) is 0 Å². The van der Waals surface area contributed by atoms with E-state index in [1.54, 1.807) is 21.7 Å². The molecule has 0 radical (unpaired) electrons. The second kappa shape index (κ2) is 5.99. The first kappa shape index (κ1) is 15.5. The van der Waals surface area contributed by atoms with Crippen LogP contribution >= 0.6 is 11.3 Å². The van der Waals surface area contributed by atoms with E-state index in [1.807, 2.05) is 5.38 Å². The molecule has 21 heavy (non-hydrogen) atoms. The Morgan fingerprint density at radius 1 is 1.38 bits per heavy atom. The quantitative estimate of drug-likeness (QED) is 0.873. The fraction of sp³-hybridized carbons (Fsp3) is 0.733. The van der Waals surface area contributed by atoms with Gasteiger partial charge < -0.3 is 5.32 Å². The average Bonchev–Trinajstić information content (AvgIpc) is 2.95. The van der Waals surface area contributed by atoms with Gasteiger partial charge in [0.1, 0.15) is 0 Å². The van der Waals surface area contributed by atoms with Gasteiger partial charge in [-0.1, -0.05) is 13.8 Å². The summed E-state index contributed by atoms with van der Waals surface area (Å²) in [5, 5.41) is 5.32. The maximum absolute atomic E-state index is 13.0. The highest BCUT2D eigenvalue weighted by atomic mass is 32.2. The fourth-order valence-corrected chi connectivity index (χ4v) is 6.26. The van der Waals surface area contributed by atoms with Gasteiger partial charge in [-0.25, -0.2) is 8.42 Å². The van der Waals surface area contributed by atoms with Crippen LogP contribution in [0.2, 0.25) is 0 Å². The van der Waals surface area contributed by atoms with Gasteiger partial charge in [0.05, 0.1) is 4.90 Å². The van der Waals surface area contributed by atoms with Gasteiger partial charge in [-0.2, -0.15) is 4.31 Å². The SMILES string of the molecule is CC(C)C1CCCN1S(=O)(=O)c1ccsc1CNC1CC1. The molecule has 6 heteroatoms. The molecule has 1 aliphatic carbocycles. The topological polar surface area (TPSA) is 49.4 Å². The van der Waals surface area contributed by atoms with Gasteiger partial charge in [0.25, 0.3) is 0 Å². The van der Waals surface area contributed by atoms with Crippen molar-refractivity contribution in [1.29, 1.82) is 0 Å². The maximum Gasteiger partial charge on any atom is 0.244 e. The molecule has 1 saturated heterocycles. The molecule has 0 bridgehead atoms. The highest BCUT2D eigenvalue weighted by Gasteiger charge is 2.38. The van der Waals surface area contributed by atoms with Crippen molar-refractivity contribution in [3.05, 3.63) is 16.3 Å². The van der Waals surface area contributed by atoms with Crippen molar-refractivity contribution in [2.24, 2.45) is 5.92 Å². The third kappa shape index (κ3) is 3.18. The molecule has 2 aliphatic rings. The molecule has 1 aromatic rings. The van der Waals surface area contributed by atoms with Crippen LogP contribution in [0.15, 0.2) is 16.3 Å². The molecule has 1 N–H and O–H groups in total. The number of nitrogens with zero attached hydrogens (tertiary/aromatic N) is 1. The average molecular weight is 329 g/mol. The number of nitrogens with one attached hydrogen (secondary N) is 1. The first-order chi connectivity index (χ1) is 10.00. The summed E-state index contributed by atoms with van der Waals surface area (Å²) in [7, 11) is -3.34. The van der Waals surface area contributed by atoms with Crippen molar-refractivity contribution in [2.75, 3.05) is 6.54 Å². The van der Waals surface area contributed by atoms with E-state index in [0.717, 1.165) is 17.7 Å². The molecule has 1 atom stereocenters. The highest BCUT2D eigenvalue weighted by Crippen LogP contribution is 2.33. The van der Waals surface area contributed by atoms with Gasteiger partial charge in [0.2, 0.25) is 10.0 Å². The Kier molecular flexibility index (Phi) is 4.41. The molecule has 0 aromatic carbocycles. The van der Waals surface area contributed by atoms with Crippen LogP contribution in [0, 0.1) is 5.92 Å². The zero-order chi connectivity index (χ0) is 15.0.